The maximum atomic E-state index is 13.9. The number of hydrogen-bond donors (Lipinski definition) is 0. The average molecular weight is 524 g/mol. The van der Waals surface area contributed by atoms with Crippen molar-refractivity contribution in [3.05, 3.63) is 118 Å². The van der Waals surface area contributed by atoms with Gasteiger partial charge in [0.1, 0.15) is 11.4 Å². The molecule has 0 radical (unpaired) electrons. The Bertz CT molecular complexity index is 1620. The summed E-state index contributed by atoms with van der Waals surface area (Å²) in [5.74, 6) is -1.29. The van der Waals surface area contributed by atoms with Crippen LogP contribution in [-0.4, -0.2) is 21.5 Å². The predicted molar refractivity (Wildman–Crippen MR) is 153 cm³/mol. The lowest BCUT2D eigenvalue weighted by Crippen LogP contribution is -2.57. The van der Waals surface area contributed by atoms with Crippen LogP contribution in [0.4, 0.5) is 15.8 Å². The molecular weight excluding hydrogens is 497 g/mol. The monoisotopic (exact) mass is 523 g/mol. The molecule has 0 spiro atoms. The number of aryl methyl sites for hydroxylation is 3. The fourth-order valence-corrected chi connectivity index (χ4v) is 5.08. The van der Waals surface area contributed by atoms with Gasteiger partial charge in [0.25, 0.3) is 11.8 Å². The summed E-state index contributed by atoms with van der Waals surface area (Å²) in [6, 6.07) is 22.8. The molecule has 0 unspecified atom stereocenters. The molecule has 5 rings (SSSR count). The van der Waals surface area contributed by atoms with Gasteiger partial charge < -0.3 is 4.57 Å². The van der Waals surface area contributed by atoms with Crippen LogP contribution < -0.4 is 9.80 Å². The second-order valence-corrected chi connectivity index (χ2v) is 9.73. The van der Waals surface area contributed by atoms with E-state index in [1.165, 1.54) is 21.9 Å². The molecule has 4 aromatic rings. The first-order chi connectivity index (χ1) is 18.2. The second kappa shape index (κ2) is 9.84. The molecule has 0 bridgehead atoms. The van der Waals surface area contributed by atoms with E-state index in [1.807, 2.05) is 74.7 Å². The zero-order valence-corrected chi connectivity index (χ0v) is 22.3. The van der Waals surface area contributed by atoms with Gasteiger partial charge in [0.2, 0.25) is 0 Å². The van der Waals surface area contributed by atoms with E-state index in [1.54, 1.807) is 30.3 Å². The van der Waals surface area contributed by atoms with E-state index in [0.29, 0.717) is 16.9 Å². The number of carbonyl (C=O) groups excluding carboxylic acids is 2. The van der Waals surface area contributed by atoms with E-state index in [9.17, 15) is 14.0 Å². The Balaban J connectivity index is 1.66. The molecule has 1 fully saturated rings. The minimum atomic E-state index is -0.488. The first-order valence-electron chi connectivity index (χ1n) is 12.2. The Morgan fingerprint density at radius 3 is 1.95 bits per heavy atom. The minimum Gasteiger partial charge on any atom is -0.318 e. The maximum absolute atomic E-state index is 13.9. The lowest BCUT2D eigenvalue weighted by molar-refractivity contribution is -0.120. The fourth-order valence-electron chi connectivity index (χ4n) is 4.70. The standard InChI is InChI=1S/C31H26FN3O2S/c1-19-10-13-27(16-20(19)2)35-30(37)28(29(36)34(31(35)38)25-8-6-5-7-9-25)18-23-17-21(3)33(22(23)4)26-14-11-24(32)12-15-26/h5-18H,1-4H3/b28-18-. The van der Waals surface area contributed by atoms with Gasteiger partial charge in [0, 0.05) is 17.1 Å². The zero-order chi connectivity index (χ0) is 27.1. The third-order valence-corrected chi connectivity index (χ3v) is 7.23. The topological polar surface area (TPSA) is 45.6 Å². The number of benzene rings is 3. The zero-order valence-electron chi connectivity index (χ0n) is 21.5. The highest BCUT2D eigenvalue weighted by molar-refractivity contribution is 7.81. The molecular formula is C31H26FN3O2S. The summed E-state index contributed by atoms with van der Waals surface area (Å²) >= 11 is 5.73. The summed E-state index contributed by atoms with van der Waals surface area (Å²) in [5, 5.41) is 0.100. The first-order valence-corrected chi connectivity index (χ1v) is 12.6. The van der Waals surface area contributed by atoms with Gasteiger partial charge in [0.05, 0.1) is 11.4 Å². The molecule has 7 heteroatoms. The SMILES string of the molecule is Cc1ccc(N2C(=O)/C(=C\c3cc(C)n(-c4ccc(F)cc4)c3C)C(=O)N(c3ccccc3)C2=S)cc1C. The lowest BCUT2D eigenvalue weighted by atomic mass is 10.0. The predicted octanol–water partition coefficient (Wildman–Crippen LogP) is 6.60. The quantitative estimate of drug-likeness (QED) is 0.172. The molecule has 1 aliphatic rings. The smallest absolute Gasteiger partial charge is 0.270 e. The highest BCUT2D eigenvalue weighted by Crippen LogP contribution is 2.32. The van der Waals surface area contributed by atoms with E-state index < -0.39 is 11.8 Å². The molecule has 1 aliphatic heterocycles. The van der Waals surface area contributed by atoms with Crippen LogP contribution in [0.2, 0.25) is 0 Å². The third kappa shape index (κ3) is 4.35. The number of carbonyl (C=O) groups is 2. The molecule has 0 N–H and O–H groups in total. The van der Waals surface area contributed by atoms with Crippen LogP contribution in [0, 0.1) is 33.5 Å². The molecule has 38 heavy (non-hydrogen) atoms. The summed E-state index contributed by atoms with van der Waals surface area (Å²) in [6.07, 6.45) is 1.62. The van der Waals surface area contributed by atoms with Crippen molar-refractivity contribution in [1.82, 2.24) is 4.57 Å². The van der Waals surface area contributed by atoms with E-state index in [0.717, 1.165) is 28.2 Å². The first kappa shape index (κ1) is 25.3. The van der Waals surface area contributed by atoms with Crippen molar-refractivity contribution in [2.45, 2.75) is 27.7 Å². The summed E-state index contributed by atoms with van der Waals surface area (Å²) < 4.78 is 15.5. The molecule has 1 aromatic heterocycles. The van der Waals surface area contributed by atoms with E-state index >= 15 is 0 Å². The highest BCUT2D eigenvalue weighted by atomic mass is 32.1. The number of para-hydroxylation sites is 1. The number of nitrogens with zero attached hydrogens (tertiary/aromatic N) is 3. The summed E-state index contributed by atoms with van der Waals surface area (Å²) in [6.45, 7) is 7.80. The summed E-state index contributed by atoms with van der Waals surface area (Å²) in [5.41, 5.74) is 6.47. The molecule has 1 saturated heterocycles. The number of thiocarbonyl (C=S) groups is 1. The normalized spacial score (nSPS) is 15.1. The number of hydrogen-bond acceptors (Lipinski definition) is 3. The van der Waals surface area contributed by atoms with Crippen LogP contribution in [0.25, 0.3) is 11.8 Å². The largest absolute Gasteiger partial charge is 0.318 e. The van der Waals surface area contributed by atoms with E-state index in [4.69, 9.17) is 12.2 Å². The van der Waals surface area contributed by atoms with Gasteiger partial charge in [-0.15, -0.1) is 0 Å². The summed E-state index contributed by atoms with van der Waals surface area (Å²) in [7, 11) is 0. The highest BCUT2D eigenvalue weighted by Gasteiger charge is 2.41. The number of rotatable bonds is 4. The molecule has 0 aliphatic carbocycles. The Hall–Kier alpha value is -4.36. The van der Waals surface area contributed by atoms with Crippen LogP contribution in [-0.2, 0) is 9.59 Å². The Kier molecular flexibility index (Phi) is 6.55. The van der Waals surface area contributed by atoms with Crippen molar-refractivity contribution in [2.24, 2.45) is 0 Å². The van der Waals surface area contributed by atoms with Gasteiger partial charge in [-0.25, -0.2) is 4.39 Å². The molecule has 5 nitrogen and oxygen atoms in total. The molecule has 0 saturated carbocycles. The van der Waals surface area contributed by atoms with Gasteiger partial charge >= 0.3 is 0 Å². The molecule has 3 aromatic carbocycles. The molecule has 190 valence electrons. The van der Waals surface area contributed by atoms with Crippen LogP contribution in [0.15, 0.2) is 84.4 Å². The van der Waals surface area contributed by atoms with Gasteiger partial charge in [-0.05, 0) is 117 Å². The lowest BCUT2D eigenvalue weighted by Gasteiger charge is -2.36. The number of amides is 2. The van der Waals surface area contributed by atoms with Crippen LogP contribution in [0.1, 0.15) is 28.1 Å². The Labute approximate surface area is 226 Å². The number of aromatic nitrogens is 1. The Morgan fingerprint density at radius 2 is 1.32 bits per heavy atom. The van der Waals surface area contributed by atoms with Crippen molar-refractivity contribution in [3.63, 3.8) is 0 Å². The minimum absolute atomic E-state index is 0.0000345. The van der Waals surface area contributed by atoms with Crippen LogP contribution in [0.5, 0.6) is 0 Å². The van der Waals surface area contributed by atoms with Crippen molar-refractivity contribution in [2.75, 3.05) is 9.80 Å². The van der Waals surface area contributed by atoms with Gasteiger partial charge in [-0.2, -0.15) is 0 Å². The second-order valence-electron chi connectivity index (χ2n) is 9.36. The van der Waals surface area contributed by atoms with Gasteiger partial charge in [0.15, 0.2) is 5.11 Å². The third-order valence-electron chi connectivity index (χ3n) is 6.87. The fraction of sp³-hybridized carbons (Fsp3) is 0.129. The van der Waals surface area contributed by atoms with Gasteiger partial charge in [-0.3, -0.25) is 19.4 Å². The number of halogens is 1. The summed E-state index contributed by atoms with van der Waals surface area (Å²) in [4.78, 5) is 30.6. The maximum Gasteiger partial charge on any atom is 0.270 e. The van der Waals surface area contributed by atoms with Crippen LogP contribution >= 0.6 is 12.2 Å². The molecule has 2 amide bonds. The van der Waals surface area contributed by atoms with Gasteiger partial charge in [-0.1, -0.05) is 24.3 Å². The van der Waals surface area contributed by atoms with Crippen molar-refractivity contribution < 1.29 is 14.0 Å². The van der Waals surface area contributed by atoms with Crippen LogP contribution in [0.3, 0.4) is 0 Å². The van der Waals surface area contributed by atoms with Crippen molar-refractivity contribution in [3.8, 4) is 5.69 Å². The van der Waals surface area contributed by atoms with Crippen molar-refractivity contribution in [1.29, 1.82) is 0 Å². The average Bonchev–Trinajstić information content (AvgIpc) is 3.17. The van der Waals surface area contributed by atoms with Crippen molar-refractivity contribution >= 4 is 46.6 Å². The molecule has 2 heterocycles. The Morgan fingerprint density at radius 1 is 0.711 bits per heavy atom. The van der Waals surface area contributed by atoms with E-state index in [2.05, 4.69) is 0 Å². The molecule has 0 atom stereocenters. The van der Waals surface area contributed by atoms with E-state index in [-0.39, 0.29) is 16.5 Å². The number of anilines is 2.